The van der Waals surface area contributed by atoms with E-state index in [9.17, 15) is 8.42 Å². The number of nitrogens with zero attached hydrogens (tertiary/aromatic N) is 4. The molecule has 0 atom stereocenters. The minimum absolute atomic E-state index is 0.279. The molecule has 2 aromatic carbocycles. The fourth-order valence-corrected chi connectivity index (χ4v) is 5.13. The summed E-state index contributed by atoms with van der Waals surface area (Å²) in [4.78, 5) is 0.279. The maximum Gasteiger partial charge on any atom is 0.242 e. The Morgan fingerprint density at radius 3 is 2.44 bits per heavy atom. The van der Waals surface area contributed by atoms with E-state index in [4.69, 9.17) is 4.42 Å². The summed E-state index contributed by atoms with van der Waals surface area (Å²) in [5, 5.41) is 9.62. The summed E-state index contributed by atoms with van der Waals surface area (Å²) in [6.45, 7) is 2.52. The van der Waals surface area contributed by atoms with Crippen LogP contribution in [-0.2, 0) is 22.3 Å². The smallest absolute Gasteiger partial charge is 0.242 e. The molecule has 2 aromatic heterocycles. The number of sulfonamides is 1. The van der Waals surface area contributed by atoms with Gasteiger partial charge in [0.05, 0.1) is 23.3 Å². The average Bonchev–Trinajstić information content (AvgIpc) is 3.38. The maximum absolute atomic E-state index is 12.5. The van der Waals surface area contributed by atoms with Crippen LogP contribution in [0.15, 0.2) is 81.4 Å². The van der Waals surface area contributed by atoms with Crippen LogP contribution in [0.1, 0.15) is 16.9 Å². The van der Waals surface area contributed by atoms with Gasteiger partial charge in [0.2, 0.25) is 10.0 Å². The van der Waals surface area contributed by atoms with Gasteiger partial charge in [-0.3, -0.25) is 4.57 Å². The van der Waals surface area contributed by atoms with E-state index < -0.39 is 10.0 Å². The lowest BCUT2D eigenvalue weighted by Crippen LogP contribution is -2.22. The molecule has 0 amide bonds. The number of thioether (sulfide) groups is 1. The molecule has 4 aromatic rings. The SMILES string of the molecule is Cc1occc1-c1nnc(SCc2cccc(S(=O)(=O)N(C)C)c2)n1Cc1ccccc1. The van der Waals surface area contributed by atoms with Gasteiger partial charge < -0.3 is 4.42 Å². The van der Waals surface area contributed by atoms with E-state index in [0.29, 0.717) is 12.3 Å². The van der Waals surface area contributed by atoms with Crippen LogP contribution in [0.25, 0.3) is 11.4 Å². The lowest BCUT2D eigenvalue weighted by atomic mass is 10.2. The fourth-order valence-electron chi connectivity index (χ4n) is 3.27. The zero-order valence-corrected chi connectivity index (χ0v) is 19.7. The van der Waals surface area contributed by atoms with Gasteiger partial charge in [-0.2, -0.15) is 0 Å². The zero-order valence-electron chi connectivity index (χ0n) is 18.1. The normalized spacial score (nSPS) is 11.9. The minimum Gasteiger partial charge on any atom is -0.469 e. The van der Waals surface area contributed by atoms with Gasteiger partial charge in [0.25, 0.3) is 0 Å². The molecule has 0 saturated carbocycles. The number of hydrogen-bond acceptors (Lipinski definition) is 6. The van der Waals surface area contributed by atoms with Crippen molar-refractivity contribution in [2.24, 2.45) is 0 Å². The minimum atomic E-state index is -3.48. The Balaban J connectivity index is 1.63. The van der Waals surface area contributed by atoms with Gasteiger partial charge in [-0.25, -0.2) is 12.7 Å². The van der Waals surface area contributed by atoms with Crippen molar-refractivity contribution in [3.8, 4) is 11.4 Å². The lowest BCUT2D eigenvalue weighted by Gasteiger charge is -2.13. The van der Waals surface area contributed by atoms with Crippen LogP contribution >= 0.6 is 11.8 Å². The van der Waals surface area contributed by atoms with Crippen molar-refractivity contribution in [2.45, 2.75) is 29.3 Å². The first-order chi connectivity index (χ1) is 15.4. The van der Waals surface area contributed by atoms with Gasteiger partial charge in [-0.15, -0.1) is 10.2 Å². The van der Waals surface area contributed by atoms with Gasteiger partial charge in [-0.05, 0) is 36.2 Å². The first-order valence-corrected chi connectivity index (χ1v) is 12.4. The molecule has 2 heterocycles. The van der Waals surface area contributed by atoms with Crippen molar-refractivity contribution >= 4 is 21.8 Å². The van der Waals surface area contributed by atoms with Crippen molar-refractivity contribution in [3.05, 3.63) is 83.8 Å². The highest BCUT2D eigenvalue weighted by Crippen LogP contribution is 2.30. The van der Waals surface area contributed by atoms with Crippen molar-refractivity contribution in [1.29, 1.82) is 0 Å². The molecular weight excluding hydrogens is 444 g/mol. The number of rotatable bonds is 8. The molecule has 0 saturated heterocycles. The Hall–Kier alpha value is -2.88. The first-order valence-electron chi connectivity index (χ1n) is 10.0. The molecule has 9 heteroatoms. The van der Waals surface area contributed by atoms with E-state index in [1.54, 1.807) is 24.5 Å². The maximum atomic E-state index is 12.5. The molecule has 0 radical (unpaired) electrons. The number of hydrogen-bond donors (Lipinski definition) is 0. The topological polar surface area (TPSA) is 81.2 Å². The molecule has 0 bridgehead atoms. The van der Waals surface area contributed by atoms with Crippen molar-refractivity contribution in [2.75, 3.05) is 14.1 Å². The Labute approximate surface area is 192 Å². The quantitative estimate of drug-likeness (QED) is 0.356. The predicted octanol–water partition coefficient (Wildman–Crippen LogP) is 4.44. The van der Waals surface area contributed by atoms with Crippen LogP contribution in [0.3, 0.4) is 0 Å². The molecule has 0 unspecified atom stereocenters. The van der Waals surface area contributed by atoms with Gasteiger partial charge in [-0.1, -0.05) is 54.2 Å². The summed E-state index contributed by atoms with van der Waals surface area (Å²) in [6, 6.07) is 19.0. The summed E-state index contributed by atoms with van der Waals surface area (Å²) < 4.78 is 33.7. The molecular formula is C23H24N4O3S2. The second kappa shape index (κ2) is 9.32. The van der Waals surface area contributed by atoms with E-state index in [2.05, 4.69) is 26.9 Å². The molecule has 0 aliphatic heterocycles. The van der Waals surface area contributed by atoms with Crippen molar-refractivity contribution in [1.82, 2.24) is 19.1 Å². The van der Waals surface area contributed by atoms with Crippen molar-refractivity contribution < 1.29 is 12.8 Å². The molecule has 166 valence electrons. The van der Waals surface area contributed by atoms with Gasteiger partial charge in [0.1, 0.15) is 5.76 Å². The lowest BCUT2D eigenvalue weighted by molar-refractivity contribution is 0.520. The molecule has 0 aliphatic rings. The van der Waals surface area contributed by atoms with E-state index in [1.165, 1.54) is 30.2 Å². The van der Waals surface area contributed by atoms with E-state index in [-0.39, 0.29) is 4.90 Å². The van der Waals surface area contributed by atoms with Crippen LogP contribution in [0.5, 0.6) is 0 Å². The Bertz CT molecular complexity index is 1310. The molecule has 4 rings (SSSR count). The summed E-state index contributed by atoms with van der Waals surface area (Å²) in [7, 11) is -0.421. The highest BCUT2D eigenvalue weighted by Gasteiger charge is 2.19. The highest BCUT2D eigenvalue weighted by atomic mass is 32.2. The second-order valence-corrected chi connectivity index (χ2v) is 10.6. The van der Waals surface area contributed by atoms with E-state index in [1.807, 2.05) is 37.3 Å². The molecule has 0 N–H and O–H groups in total. The summed E-state index contributed by atoms with van der Waals surface area (Å²) in [6.07, 6.45) is 1.65. The Morgan fingerprint density at radius 2 is 1.75 bits per heavy atom. The second-order valence-electron chi connectivity index (χ2n) is 7.49. The van der Waals surface area contributed by atoms with Crippen LogP contribution in [0, 0.1) is 6.92 Å². The summed E-state index contributed by atoms with van der Waals surface area (Å²) in [5.41, 5.74) is 2.93. The Morgan fingerprint density at radius 1 is 1.00 bits per heavy atom. The number of aromatic nitrogens is 3. The summed E-state index contributed by atoms with van der Waals surface area (Å²) in [5.74, 6) is 2.09. The molecule has 0 fully saturated rings. The third-order valence-electron chi connectivity index (χ3n) is 5.05. The van der Waals surface area contributed by atoms with Gasteiger partial charge >= 0.3 is 0 Å². The van der Waals surface area contributed by atoms with Gasteiger partial charge in [0, 0.05) is 19.8 Å². The van der Waals surface area contributed by atoms with Crippen LogP contribution in [0.2, 0.25) is 0 Å². The van der Waals surface area contributed by atoms with Crippen molar-refractivity contribution in [3.63, 3.8) is 0 Å². The fraction of sp³-hybridized carbons (Fsp3) is 0.217. The molecule has 0 spiro atoms. The third-order valence-corrected chi connectivity index (χ3v) is 7.89. The molecule has 0 aliphatic carbocycles. The van der Waals surface area contributed by atoms with Gasteiger partial charge in [0.15, 0.2) is 11.0 Å². The van der Waals surface area contributed by atoms with Crippen LogP contribution in [-0.4, -0.2) is 41.6 Å². The predicted molar refractivity (Wildman–Crippen MR) is 125 cm³/mol. The summed E-state index contributed by atoms with van der Waals surface area (Å²) >= 11 is 1.52. The highest BCUT2D eigenvalue weighted by molar-refractivity contribution is 7.98. The Kier molecular flexibility index (Phi) is 6.50. The standard InChI is InChI=1S/C23H24N4O3S2/c1-17-21(12-13-30-17)22-24-25-23(27(22)15-18-8-5-4-6-9-18)31-16-19-10-7-11-20(14-19)32(28,29)26(2)3/h4-14H,15-16H2,1-3H3. The van der Waals surface area contributed by atoms with E-state index >= 15 is 0 Å². The monoisotopic (exact) mass is 468 g/mol. The third kappa shape index (κ3) is 4.64. The largest absolute Gasteiger partial charge is 0.469 e. The number of benzene rings is 2. The van der Waals surface area contributed by atoms with E-state index in [0.717, 1.165) is 33.4 Å². The van der Waals surface area contributed by atoms with Crippen LogP contribution < -0.4 is 0 Å². The molecule has 32 heavy (non-hydrogen) atoms. The zero-order chi connectivity index (χ0) is 22.7. The number of aryl methyl sites for hydroxylation is 1. The molecule has 7 nitrogen and oxygen atoms in total. The van der Waals surface area contributed by atoms with Crippen LogP contribution in [0.4, 0.5) is 0 Å². The first kappa shape index (κ1) is 22.3. The number of furan rings is 1. The average molecular weight is 469 g/mol.